The van der Waals surface area contributed by atoms with Gasteiger partial charge in [0.15, 0.2) is 5.82 Å². The first-order valence-electron chi connectivity index (χ1n) is 8.84. The Kier molecular flexibility index (Phi) is 4.91. The van der Waals surface area contributed by atoms with Crippen LogP contribution in [-0.2, 0) is 6.42 Å². The lowest BCUT2D eigenvalue weighted by Crippen LogP contribution is -2.02. The maximum atomic E-state index is 4.51. The average molecular weight is 388 g/mol. The molecule has 3 heterocycles. The van der Waals surface area contributed by atoms with Crippen LogP contribution < -0.4 is 5.32 Å². The van der Waals surface area contributed by atoms with Crippen molar-refractivity contribution in [3.63, 3.8) is 0 Å². The summed E-state index contributed by atoms with van der Waals surface area (Å²) in [4.78, 5) is 7.29. The minimum absolute atomic E-state index is 0. The summed E-state index contributed by atoms with van der Waals surface area (Å²) in [6.07, 6.45) is 6.28. The van der Waals surface area contributed by atoms with E-state index >= 15 is 0 Å². The molecule has 5 nitrogen and oxygen atoms in total. The van der Waals surface area contributed by atoms with Gasteiger partial charge < -0.3 is 10.3 Å². The van der Waals surface area contributed by atoms with Crippen LogP contribution in [0.2, 0.25) is 0 Å². The van der Waals surface area contributed by atoms with E-state index in [0.717, 1.165) is 45.3 Å². The lowest BCUT2D eigenvalue weighted by atomic mass is 10.0. The molecule has 5 rings (SSSR count). The van der Waals surface area contributed by atoms with Crippen LogP contribution in [-0.4, -0.2) is 20.2 Å². The zero-order valence-corrected chi connectivity index (χ0v) is 15.8. The fourth-order valence-corrected chi connectivity index (χ4v) is 3.34. The van der Waals surface area contributed by atoms with Crippen LogP contribution in [0.15, 0.2) is 79.3 Å². The van der Waals surface area contributed by atoms with Crippen LogP contribution in [0.25, 0.3) is 21.7 Å². The van der Waals surface area contributed by atoms with Crippen LogP contribution in [0, 0.1) is 0 Å². The molecule has 5 aromatic rings. The number of halogens is 1. The highest BCUT2D eigenvalue weighted by Crippen LogP contribution is 2.28. The highest BCUT2D eigenvalue weighted by atomic mass is 35.5. The molecule has 0 spiro atoms. The minimum Gasteiger partial charge on any atom is -0.361 e. The summed E-state index contributed by atoms with van der Waals surface area (Å²) in [7, 11) is 0. The molecule has 28 heavy (non-hydrogen) atoms. The molecule has 0 radical (unpaired) electrons. The molecule has 0 bridgehead atoms. The zero-order chi connectivity index (χ0) is 18.1. The van der Waals surface area contributed by atoms with E-state index in [0.29, 0.717) is 0 Å². The summed E-state index contributed by atoms with van der Waals surface area (Å²) in [6.45, 7) is 0. The normalized spacial score (nSPS) is 10.7. The number of rotatable bonds is 4. The first kappa shape index (κ1) is 17.9. The first-order chi connectivity index (χ1) is 13.4. The Morgan fingerprint density at radius 3 is 2.54 bits per heavy atom. The van der Waals surface area contributed by atoms with E-state index in [-0.39, 0.29) is 12.4 Å². The van der Waals surface area contributed by atoms with Gasteiger partial charge in [-0.25, -0.2) is 0 Å². The predicted octanol–water partition coefficient (Wildman–Crippen LogP) is 5.26. The molecule has 2 aromatic carbocycles. The first-order valence-corrected chi connectivity index (χ1v) is 8.84. The molecule has 0 aliphatic rings. The van der Waals surface area contributed by atoms with E-state index in [4.69, 9.17) is 0 Å². The Labute approximate surface area is 168 Å². The lowest BCUT2D eigenvalue weighted by Gasteiger charge is -2.11. The molecule has 2 N–H and O–H groups in total. The number of hydrogen-bond donors (Lipinski definition) is 2. The number of aromatic amines is 1. The molecule has 0 saturated heterocycles. The predicted molar refractivity (Wildman–Crippen MR) is 115 cm³/mol. The van der Waals surface area contributed by atoms with Crippen LogP contribution in [0.1, 0.15) is 11.3 Å². The van der Waals surface area contributed by atoms with Gasteiger partial charge in [0, 0.05) is 52.4 Å². The topological polar surface area (TPSA) is 66.5 Å². The van der Waals surface area contributed by atoms with Crippen molar-refractivity contribution in [2.24, 2.45) is 0 Å². The van der Waals surface area contributed by atoms with E-state index < -0.39 is 0 Å². The van der Waals surface area contributed by atoms with E-state index in [9.17, 15) is 0 Å². The van der Waals surface area contributed by atoms with Gasteiger partial charge in [-0.2, -0.15) is 5.10 Å². The quantitative estimate of drug-likeness (QED) is 0.441. The molecule has 0 unspecified atom stereocenters. The lowest BCUT2D eigenvalue weighted by molar-refractivity contribution is 0.960. The number of hydrogen-bond acceptors (Lipinski definition) is 4. The molecular weight excluding hydrogens is 370 g/mol. The number of nitrogens with one attached hydrogen (secondary N) is 2. The van der Waals surface area contributed by atoms with Gasteiger partial charge in [0.25, 0.3) is 0 Å². The second-order valence-corrected chi connectivity index (χ2v) is 6.48. The molecule has 6 heteroatoms. The van der Waals surface area contributed by atoms with Crippen molar-refractivity contribution in [3.05, 3.63) is 90.5 Å². The van der Waals surface area contributed by atoms with Crippen molar-refractivity contribution >= 4 is 45.6 Å². The number of H-pyrrole nitrogens is 1. The van der Waals surface area contributed by atoms with Crippen LogP contribution in [0.5, 0.6) is 0 Å². The number of anilines is 2. The molecule has 0 fully saturated rings. The maximum absolute atomic E-state index is 4.51. The van der Waals surface area contributed by atoms with Crippen LogP contribution in [0.4, 0.5) is 11.5 Å². The standard InChI is InChI=1S/C22H17N5.ClH/c1-2-4-19-18(3-1)21(13-15-7-10-23-11-8-15)26-27-22(19)25-17-5-6-20-16(14-17)9-12-24-20;/h1-12,14,24H,13H2,(H,25,27);1H. The number of aromatic nitrogens is 4. The second kappa shape index (κ2) is 7.66. The van der Waals surface area contributed by atoms with Gasteiger partial charge >= 0.3 is 0 Å². The molecule has 3 aromatic heterocycles. The van der Waals surface area contributed by atoms with Crippen molar-refractivity contribution in [2.75, 3.05) is 5.32 Å². The Morgan fingerprint density at radius 1 is 0.857 bits per heavy atom. The van der Waals surface area contributed by atoms with E-state index in [1.54, 1.807) is 12.4 Å². The summed E-state index contributed by atoms with van der Waals surface area (Å²) < 4.78 is 0. The van der Waals surface area contributed by atoms with E-state index in [1.165, 1.54) is 5.56 Å². The number of pyridine rings is 1. The van der Waals surface area contributed by atoms with Crippen molar-refractivity contribution in [2.45, 2.75) is 6.42 Å². The van der Waals surface area contributed by atoms with E-state index in [2.05, 4.69) is 55.8 Å². The fraction of sp³-hybridized carbons (Fsp3) is 0.0455. The second-order valence-electron chi connectivity index (χ2n) is 6.48. The highest BCUT2D eigenvalue weighted by molar-refractivity contribution is 5.95. The Bertz CT molecular complexity index is 1230. The third-order valence-electron chi connectivity index (χ3n) is 4.70. The number of fused-ring (bicyclic) bond motifs is 2. The minimum atomic E-state index is 0. The SMILES string of the molecule is Cl.c1ccc2c(Nc3ccc4[nH]ccc4c3)nnc(Cc3ccncc3)c2c1. The van der Waals surface area contributed by atoms with Crippen molar-refractivity contribution in [3.8, 4) is 0 Å². The molecule has 0 aliphatic heterocycles. The highest BCUT2D eigenvalue weighted by Gasteiger charge is 2.10. The van der Waals surface area contributed by atoms with Crippen molar-refractivity contribution in [1.29, 1.82) is 0 Å². The summed E-state index contributed by atoms with van der Waals surface area (Å²) in [5.41, 5.74) is 4.24. The third-order valence-corrected chi connectivity index (χ3v) is 4.70. The van der Waals surface area contributed by atoms with Crippen LogP contribution >= 0.6 is 12.4 Å². The van der Waals surface area contributed by atoms with Gasteiger partial charge in [-0.05, 0) is 42.0 Å². The van der Waals surface area contributed by atoms with Gasteiger partial charge in [0.2, 0.25) is 0 Å². The Hall–Kier alpha value is -3.44. The summed E-state index contributed by atoms with van der Waals surface area (Å²) in [5.74, 6) is 0.763. The molecule has 0 amide bonds. The fourth-order valence-electron chi connectivity index (χ4n) is 3.34. The van der Waals surface area contributed by atoms with Crippen LogP contribution in [0.3, 0.4) is 0 Å². The summed E-state index contributed by atoms with van der Waals surface area (Å²) in [6, 6.07) is 20.5. The monoisotopic (exact) mass is 387 g/mol. The molecular formula is C22H18ClN5. The molecule has 0 atom stereocenters. The third kappa shape index (κ3) is 3.40. The van der Waals surface area contributed by atoms with E-state index in [1.807, 2.05) is 36.5 Å². The maximum Gasteiger partial charge on any atom is 0.160 e. The molecule has 0 aliphatic carbocycles. The largest absolute Gasteiger partial charge is 0.361 e. The van der Waals surface area contributed by atoms with Crippen molar-refractivity contribution in [1.82, 2.24) is 20.2 Å². The average Bonchev–Trinajstić information content (AvgIpc) is 3.18. The molecule has 138 valence electrons. The van der Waals surface area contributed by atoms with Gasteiger partial charge in [0.05, 0.1) is 5.69 Å². The Balaban J connectivity index is 0.00000192. The number of nitrogens with zero attached hydrogens (tertiary/aromatic N) is 3. The Morgan fingerprint density at radius 2 is 1.68 bits per heavy atom. The summed E-state index contributed by atoms with van der Waals surface area (Å²) >= 11 is 0. The van der Waals surface area contributed by atoms with Gasteiger partial charge in [0.1, 0.15) is 0 Å². The van der Waals surface area contributed by atoms with Crippen molar-refractivity contribution < 1.29 is 0 Å². The number of benzene rings is 2. The molecule has 0 saturated carbocycles. The van der Waals surface area contributed by atoms with Gasteiger partial charge in [-0.1, -0.05) is 24.3 Å². The zero-order valence-electron chi connectivity index (χ0n) is 15.0. The smallest absolute Gasteiger partial charge is 0.160 e. The summed E-state index contributed by atoms with van der Waals surface area (Å²) in [5, 5.41) is 15.7. The van der Waals surface area contributed by atoms with Gasteiger partial charge in [-0.3, -0.25) is 4.98 Å². The van der Waals surface area contributed by atoms with Gasteiger partial charge in [-0.15, -0.1) is 17.5 Å².